The number of rotatable bonds is 6. The van der Waals surface area contributed by atoms with E-state index in [0.717, 1.165) is 18.4 Å². The van der Waals surface area contributed by atoms with Crippen molar-refractivity contribution in [2.75, 3.05) is 6.54 Å². The summed E-state index contributed by atoms with van der Waals surface area (Å²) in [5.41, 5.74) is 3.91. The maximum atomic E-state index is 12.8. The zero-order valence-corrected chi connectivity index (χ0v) is 15.1. The molecule has 132 valence electrons. The fourth-order valence-corrected chi connectivity index (χ4v) is 2.92. The minimum atomic E-state index is -0.144. The van der Waals surface area contributed by atoms with Crippen LogP contribution < -0.4 is 5.32 Å². The number of hydrogen-bond acceptors (Lipinski definition) is 4. The third-order valence-corrected chi connectivity index (χ3v) is 4.13. The van der Waals surface area contributed by atoms with Crippen LogP contribution in [0.1, 0.15) is 33.9 Å². The van der Waals surface area contributed by atoms with E-state index in [1.54, 1.807) is 12.4 Å². The lowest BCUT2D eigenvalue weighted by Crippen LogP contribution is -2.27. The first-order valence-corrected chi connectivity index (χ1v) is 8.73. The van der Waals surface area contributed by atoms with Crippen LogP contribution >= 0.6 is 0 Å². The third-order valence-electron chi connectivity index (χ3n) is 4.13. The molecule has 0 atom stereocenters. The summed E-state index contributed by atoms with van der Waals surface area (Å²) >= 11 is 0. The minimum Gasteiger partial charge on any atom is -0.352 e. The van der Waals surface area contributed by atoms with Gasteiger partial charge in [-0.3, -0.25) is 9.78 Å². The molecule has 0 saturated carbocycles. The summed E-state index contributed by atoms with van der Waals surface area (Å²) in [6.07, 6.45) is 5.23. The Bertz CT molecular complexity index is 879. The van der Waals surface area contributed by atoms with E-state index < -0.39 is 0 Å². The number of carbonyl (C=O) groups is 1. The van der Waals surface area contributed by atoms with Crippen LogP contribution in [-0.4, -0.2) is 27.4 Å². The molecular formula is C21H22N4O. The highest BCUT2D eigenvalue weighted by molar-refractivity contribution is 6.00. The number of nitrogens with zero attached hydrogens (tertiary/aromatic N) is 3. The Hall–Kier alpha value is -3.08. The molecule has 2 aromatic heterocycles. The first-order chi connectivity index (χ1) is 12.6. The topological polar surface area (TPSA) is 67.8 Å². The molecule has 2 heterocycles. The Morgan fingerprint density at radius 3 is 2.58 bits per heavy atom. The van der Waals surface area contributed by atoms with Gasteiger partial charge < -0.3 is 5.32 Å². The van der Waals surface area contributed by atoms with E-state index in [2.05, 4.69) is 32.4 Å². The lowest BCUT2D eigenvalue weighted by Gasteiger charge is -2.12. The Kier molecular flexibility index (Phi) is 5.69. The number of aromatic nitrogens is 3. The quantitative estimate of drug-likeness (QED) is 0.694. The van der Waals surface area contributed by atoms with Gasteiger partial charge in [-0.15, -0.1) is 0 Å². The minimum absolute atomic E-state index is 0.144. The van der Waals surface area contributed by atoms with Gasteiger partial charge in [0, 0.05) is 24.5 Å². The van der Waals surface area contributed by atoms with E-state index >= 15 is 0 Å². The monoisotopic (exact) mass is 346 g/mol. The second kappa shape index (κ2) is 8.34. The maximum Gasteiger partial charge on any atom is 0.255 e. The average Bonchev–Trinajstić information content (AvgIpc) is 2.66. The lowest BCUT2D eigenvalue weighted by atomic mass is 10.0. The number of aryl methyl sites for hydroxylation is 3. The van der Waals surface area contributed by atoms with Gasteiger partial charge in [-0.2, -0.15) is 0 Å². The van der Waals surface area contributed by atoms with Crippen molar-refractivity contribution >= 4 is 5.91 Å². The van der Waals surface area contributed by atoms with Crippen LogP contribution in [0, 0.1) is 13.8 Å². The van der Waals surface area contributed by atoms with E-state index in [-0.39, 0.29) is 5.91 Å². The smallest absolute Gasteiger partial charge is 0.255 e. The highest BCUT2D eigenvalue weighted by Gasteiger charge is 2.19. The predicted octanol–water partition coefficient (Wildman–Crippen LogP) is 3.52. The van der Waals surface area contributed by atoms with Crippen LogP contribution in [-0.2, 0) is 6.42 Å². The summed E-state index contributed by atoms with van der Waals surface area (Å²) in [5.74, 6) is 0.497. The van der Waals surface area contributed by atoms with Crippen molar-refractivity contribution in [2.45, 2.75) is 26.7 Å². The van der Waals surface area contributed by atoms with Gasteiger partial charge in [-0.1, -0.05) is 30.3 Å². The first kappa shape index (κ1) is 17.7. The molecule has 0 bridgehead atoms. The molecule has 0 aliphatic heterocycles. The van der Waals surface area contributed by atoms with Crippen molar-refractivity contribution in [3.8, 4) is 11.3 Å². The second-order valence-electron chi connectivity index (χ2n) is 6.17. The summed E-state index contributed by atoms with van der Waals surface area (Å²) < 4.78 is 0. The number of pyridine rings is 1. The van der Waals surface area contributed by atoms with Crippen LogP contribution in [0.2, 0.25) is 0 Å². The molecule has 0 fully saturated rings. The van der Waals surface area contributed by atoms with Gasteiger partial charge in [-0.05, 0) is 44.4 Å². The van der Waals surface area contributed by atoms with E-state index in [9.17, 15) is 4.79 Å². The summed E-state index contributed by atoms with van der Waals surface area (Å²) in [5, 5.41) is 3.00. The fraction of sp³-hybridized carbons (Fsp3) is 0.238. The third kappa shape index (κ3) is 4.30. The lowest BCUT2D eigenvalue weighted by molar-refractivity contribution is 0.0952. The van der Waals surface area contributed by atoms with Crippen molar-refractivity contribution in [3.05, 3.63) is 77.5 Å². The SMILES string of the molecule is Cc1nc(C)c(C(=O)NCCCc2ccccc2)c(-c2cccnc2)n1. The predicted molar refractivity (Wildman–Crippen MR) is 102 cm³/mol. The Labute approximate surface area is 153 Å². The van der Waals surface area contributed by atoms with Crippen LogP contribution in [0.4, 0.5) is 0 Å². The number of nitrogens with one attached hydrogen (secondary N) is 1. The molecule has 1 amide bonds. The van der Waals surface area contributed by atoms with Gasteiger partial charge in [0.2, 0.25) is 0 Å². The van der Waals surface area contributed by atoms with Gasteiger partial charge >= 0.3 is 0 Å². The second-order valence-corrected chi connectivity index (χ2v) is 6.17. The molecule has 0 aliphatic rings. The summed E-state index contributed by atoms with van der Waals surface area (Å²) in [6.45, 7) is 4.27. The molecule has 1 aromatic carbocycles. The molecule has 0 radical (unpaired) electrons. The van der Waals surface area contributed by atoms with E-state index in [1.807, 2.05) is 44.2 Å². The van der Waals surface area contributed by atoms with Crippen LogP contribution in [0.25, 0.3) is 11.3 Å². The van der Waals surface area contributed by atoms with Crippen LogP contribution in [0.5, 0.6) is 0 Å². The Morgan fingerprint density at radius 2 is 1.85 bits per heavy atom. The number of benzene rings is 1. The highest BCUT2D eigenvalue weighted by atomic mass is 16.1. The van der Waals surface area contributed by atoms with Gasteiger partial charge in [0.05, 0.1) is 17.0 Å². The van der Waals surface area contributed by atoms with Gasteiger partial charge in [-0.25, -0.2) is 9.97 Å². The summed E-state index contributed by atoms with van der Waals surface area (Å²) in [7, 11) is 0. The zero-order valence-electron chi connectivity index (χ0n) is 15.1. The standard InChI is InChI=1S/C21H22N4O/c1-15-19(20(25-16(2)24-15)18-11-7-12-22-14-18)21(26)23-13-6-10-17-8-4-3-5-9-17/h3-5,7-9,11-12,14H,6,10,13H2,1-2H3,(H,23,26). The summed E-state index contributed by atoms with van der Waals surface area (Å²) in [4.78, 5) is 25.8. The first-order valence-electron chi connectivity index (χ1n) is 8.73. The maximum absolute atomic E-state index is 12.8. The molecule has 3 aromatic rings. The number of carbonyl (C=O) groups excluding carboxylic acids is 1. The number of hydrogen-bond donors (Lipinski definition) is 1. The molecule has 0 spiro atoms. The normalized spacial score (nSPS) is 10.5. The van der Waals surface area contributed by atoms with E-state index in [1.165, 1.54) is 5.56 Å². The van der Waals surface area contributed by atoms with Crippen molar-refractivity contribution < 1.29 is 4.79 Å². The zero-order chi connectivity index (χ0) is 18.4. The molecular weight excluding hydrogens is 324 g/mol. The van der Waals surface area contributed by atoms with Gasteiger partial charge in [0.15, 0.2) is 0 Å². The Morgan fingerprint density at radius 1 is 1.04 bits per heavy atom. The van der Waals surface area contributed by atoms with Crippen molar-refractivity contribution in [1.82, 2.24) is 20.3 Å². The van der Waals surface area contributed by atoms with Crippen LogP contribution in [0.15, 0.2) is 54.9 Å². The molecule has 1 N–H and O–H groups in total. The Balaban J connectivity index is 1.72. The van der Waals surface area contributed by atoms with E-state index in [4.69, 9.17) is 0 Å². The number of amides is 1. The molecule has 0 saturated heterocycles. The largest absolute Gasteiger partial charge is 0.352 e. The molecule has 5 nitrogen and oxygen atoms in total. The highest BCUT2D eigenvalue weighted by Crippen LogP contribution is 2.22. The summed E-state index contributed by atoms with van der Waals surface area (Å²) in [6, 6.07) is 14.0. The van der Waals surface area contributed by atoms with E-state index in [0.29, 0.717) is 29.3 Å². The molecule has 5 heteroatoms. The van der Waals surface area contributed by atoms with Crippen molar-refractivity contribution in [1.29, 1.82) is 0 Å². The molecule has 3 rings (SSSR count). The van der Waals surface area contributed by atoms with Crippen molar-refractivity contribution in [2.24, 2.45) is 0 Å². The van der Waals surface area contributed by atoms with Gasteiger partial charge in [0.1, 0.15) is 5.82 Å². The van der Waals surface area contributed by atoms with Crippen molar-refractivity contribution in [3.63, 3.8) is 0 Å². The van der Waals surface area contributed by atoms with Crippen LogP contribution in [0.3, 0.4) is 0 Å². The fourth-order valence-electron chi connectivity index (χ4n) is 2.92. The molecule has 0 aliphatic carbocycles. The van der Waals surface area contributed by atoms with Gasteiger partial charge in [0.25, 0.3) is 5.91 Å². The molecule has 0 unspecified atom stereocenters. The molecule has 26 heavy (non-hydrogen) atoms. The average molecular weight is 346 g/mol.